The molecule has 2 aromatic rings. The van der Waals surface area contributed by atoms with Crippen LogP contribution >= 0.6 is 0 Å². The molecule has 1 aliphatic rings. The predicted octanol–water partition coefficient (Wildman–Crippen LogP) is 1.92. The zero-order valence-corrected chi connectivity index (χ0v) is 12.1. The Kier molecular flexibility index (Phi) is 3.85. The van der Waals surface area contributed by atoms with Gasteiger partial charge in [-0.15, -0.1) is 0 Å². The molecule has 1 amide bonds. The highest BCUT2D eigenvalue weighted by atomic mass is 16.5. The van der Waals surface area contributed by atoms with Gasteiger partial charge in [0.2, 0.25) is 0 Å². The van der Waals surface area contributed by atoms with Crippen molar-refractivity contribution in [3.05, 3.63) is 36.0 Å². The van der Waals surface area contributed by atoms with E-state index in [1.165, 1.54) is 0 Å². The Bertz CT molecular complexity index is 701. The summed E-state index contributed by atoms with van der Waals surface area (Å²) in [6.45, 7) is 0.923. The van der Waals surface area contributed by atoms with Crippen LogP contribution in [0.4, 0.5) is 0 Å². The zero-order valence-electron chi connectivity index (χ0n) is 12.1. The number of nitrogens with one attached hydrogen (secondary N) is 2. The van der Waals surface area contributed by atoms with Crippen LogP contribution in [0.15, 0.2) is 30.5 Å². The maximum atomic E-state index is 12.5. The quantitative estimate of drug-likeness (QED) is 0.804. The third kappa shape index (κ3) is 2.96. The molecule has 1 aromatic heterocycles. The van der Waals surface area contributed by atoms with Gasteiger partial charge in [-0.05, 0) is 36.4 Å². The van der Waals surface area contributed by atoms with Gasteiger partial charge >= 0.3 is 5.97 Å². The first-order chi connectivity index (χ1) is 10.6. The molecule has 3 rings (SSSR count). The number of benzene rings is 1. The van der Waals surface area contributed by atoms with Gasteiger partial charge in [-0.1, -0.05) is 6.07 Å². The molecular weight excluding hydrogens is 284 g/mol. The number of carboxylic acids is 1. The molecule has 6 heteroatoms. The molecule has 1 aliphatic heterocycles. The maximum Gasteiger partial charge on any atom is 0.305 e. The van der Waals surface area contributed by atoms with Gasteiger partial charge in [0.1, 0.15) is 0 Å². The highest BCUT2D eigenvalue weighted by Gasteiger charge is 2.36. The highest BCUT2D eigenvalue weighted by molar-refractivity contribution is 5.98. The molecule has 2 heterocycles. The maximum absolute atomic E-state index is 12.5. The second-order valence-corrected chi connectivity index (χ2v) is 5.70. The molecule has 1 aromatic carbocycles. The monoisotopic (exact) mass is 302 g/mol. The Hall–Kier alpha value is -2.34. The summed E-state index contributed by atoms with van der Waals surface area (Å²) in [7, 11) is 0. The van der Waals surface area contributed by atoms with E-state index in [2.05, 4.69) is 10.3 Å². The molecule has 1 fully saturated rings. The van der Waals surface area contributed by atoms with Crippen LogP contribution in [0.3, 0.4) is 0 Å². The summed E-state index contributed by atoms with van der Waals surface area (Å²) in [5.74, 6) is -1.17. The van der Waals surface area contributed by atoms with E-state index in [1.54, 1.807) is 12.1 Å². The number of aromatic amines is 1. The fourth-order valence-electron chi connectivity index (χ4n) is 2.90. The number of aliphatic carboxylic acids is 1. The largest absolute Gasteiger partial charge is 0.481 e. The number of aromatic nitrogens is 1. The molecule has 0 unspecified atom stereocenters. The van der Waals surface area contributed by atoms with Gasteiger partial charge in [-0.25, -0.2) is 0 Å². The number of hydrogen-bond acceptors (Lipinski definition) is 3. The minimum Gasteiger partial charge on any atom is -0.481 e. The van der Waals surface area contributed by atoms with Crippen LogP contribution in [-0.4, -0.2) is 40.7 Å². The van der Waals surface area contributed by atoms with Crippen molar-refractivity contribution in [1.82, 2.24) is 10.3 Å². The number of fused-ring (bicyclic) bond motifs is 1. The van der Waals surface area contributed by atoms with Crippen molar-refractivity contribution in [2.24, 2.45) is 0 Å². The Morgan fingerprint density at radius 3 is 2.77 bits per heavy atom. The molecule has 0 atom stereocenters. The third-order valence-electron chi connectivity index (χ3n) is 4.14. The van der Waals surface area contributed by atoms with Crippen LogP contribution in [0.2, 0.25) is 0 Å². The first-order valence-corrected chi connectivity index (χ1v) is 7.27. The van der Waals surface area contributed by atoms with Gasteiger partial charge in [0.05, 0.1) is 12.0 Å². The van der Waals surface area contributed by atoms with Crippen molar-refractivity contribution in [3.8, 4) is 0 Å². The van der Waals surface area contributed by atoms with Crippen molar-refractivity contribution in [1.29, 1.82) is 0 Å². The smallest absolute Gasteiger partial charge is 0.305 e. The van der Waals surface area contributed by atoms with Crippen LogP contribution in [-0.2, 0) is 9.53 Å². The van der Waals surface area contributed by atoms with Gasteiger partial charge in [0.25, 0.3) is 5.91 Å². The van der Waals surface area contributed by atoms with Gasteiger partial charge in [0, 0.05) is 30.5 Å². The molecule has 0 aliphatic carbocycles. The lowest BCUT2D eigenvalue weighted by atomic mass is 9.86. The zero-order chi connectivity index (χ0) is 15.6. The summed E-state index contributed by atoms with van der Waals surface area (Å²) in [5, 5.41) is 13.1. The lowest BCUT2D eigenvalue weighted by Crippen LogP contribution is -2.53. The molecule has 22 heavy (non-hydrogen) atoms. The molecular formula is C16H18N2O4. The first kappa shape index (κ1) is 14.6. The van der Waals surface area contributed by atoms with Gasteiger partial charge in [-0.3, -0.25) is 9.59 Å². The number of H-pyrrole nitrogens is 1. The average Bonchev–Trinajstić information content (AvgIpc) is 2.94. The summed E-state index contributed by atoms with van der Waals surface area (Å²) in [5.41, 5.74) is 0.671. The Labute approximate surface area is 127 Å². The predicted molar refractivity (Wildman–Crippen MR) is 80.8 cm³/mol. The van der Waals surface area contributed by atoms with E-state index in [9.17, 15) is 9.59 Å². The number of hydrogen-bond donors (Lipinski definition) is 3. The minimum absolute atomic E-state index is 0.0904. The van der Waals surface area contributed by atoms with E-state index in [0.717, 1.165) is 10.9 Å². The number of ether oxygens (including phenoxy) is 1. The Balaban J connectivity index is 1.81. The van der Waals surface area contributed by atoms with Crippen molar-refractivity contribution in [2.45, 2.75) is 24.8 Å². The second kappa shape index (κ2) is 5.81. The van der Waals surface area contributed by atoms with E-state index >= 15 is 0 Å². The van der Waals surface area contributed by atoms with Crippen LogP contribution < -0.4 is 5.32 Å². The van der Waals surface area contributed by atoms with Crippen molar-refractivity contribution in [3.63, 3.8) is 0 Å². The fraction of sp³-hybridized carbons (Fsp3) is 0.375. The van der Waals surface area contributed by atoms with Crippen molar-refractivity contribution < 1.29 is 19.4 Å². The highest BCUT2D eigenvalue weighted by Crippen LogP contribution is 2.25. The van der Waals surface area contributed by atoms with E-state index < -0.39 is 11.5 Å². The minimum atomic E-state index is -0.915. The van der Waals surface area contributed by atoms with E-state index in [1.807, 2.05) is 18.3 Å². The topological polar surface area (TPSA) is 91.4 Å². The van der Waals surface area contributed by atoms with Crippen LogP contribution in [0.1, 0.15) is 29.6 Å². The number of carbonyl (C=O) groups excluding carboxylic acids is 1. The lowest BCUT2D eigenvalue weighted by Gasteiger charge is -2.36. The summed E-state index contributed by atoms with van der Waals surface area (Å²) in [6.07, 6.45) is 2.75. The van der Waals surface area contributed by atoms with Crippen LogP contribution in [0.5, 0.6) is 0 Å². The normalized spacial score (nSPS) is 17.3. The molecule has 3 N–H and O–H groups in total. The van der Waals surface area contributed by atoms with Gasteiger partial charge < -0.3 is 20.1 Å². The number of rotatable bonds is 4. The molecule has 0 radical (unpaired) electrons. The van der Waals surface area contributed by atoms with E-state index in [-0.39, 0.29) is 12.3 Å². The standard InChI is InChI=1S/C16H18N2O4/c19-14(20)10-16(4-7-22-8-5-16)18-15(21)12-2-1-11-3-6-17-13(11)9-12/h1-3,6,9,17H,4-5,7-8,10H2,(H,18,21)(H,19,20). The number of carbonyl (C=O) groups is 2. The second-order valence-electron chi connectivity index (χ2n) is 5.70. The molecule has 0 spiro atoms. The fourth-order valence-corrected chi connectivity index (χ4v) is 2.90. The summed E-state index contributed by atoms with van der Waals surface area (Å²) < 4.78 is 5.29. The van der Waals surface area contributed by atoms with Crippen molar-refractivity contribution in [2.75, 3.05) is 13.2 Å². The Morgan fingerprint density at radius 1 is 1.27 bits per heavy atom. The van der Waals surface area contributed by atoms with Crippen LogP contribution in [0, 0.1) is 0 Å². The average molecular weight is 302 g/mol. The van der Waals surface area contributed by atoms with E-state index in [4.69, 9.17) is 9.84 Å². The third-order valence-corrected chi connectivity index (χ3v) is 4.14. The lowest BCUT2D eigenvalue weighted by molar-refractivity contribution is -0.139. The molecule has 116 valence electrons. The number of carboxylic acid groups (broad SMARTS) is 1. The van der Waals surface area contributed by atoms with Gasteiger partial charge in [0.15, 0.2) is 0 Å². The summed E-state index contributed by atoms with van der Waals surface area (Å²) in [4.78, 5) is 26.7. The number of amides is 1. The molecule has 0 saturated carbocycles. The van der Waals surface area contributed by atoms with E-state index in [0.29, 0.717) is 31.6 Å². The summed E-state index contributed by atoms with van der Waals surface area (Å²) >= 11 is 0. The molecule has 1 saturated heterocycles. The summed E-state index contributed by atoms with van der Waals surface area (Å²) in [6, 6.07) is 7.33. The molecule has 6 nitrogen and oxygen atoms in total. The Morgan fingerprint density at radius 2 is 2.05 bits per heavy atom. The SMILES string of the molecule is O=C(O)CC1(NC(=O)c2ccc3cc[nH]c3c2)CCOCC1. The molecule has 0 bridgehead atoms. The first-order valence-electron chi connectivity index (χ1n) is 7.27. The van der Waals surface area contributed by atoms with Crippen LogP contribution in [0.25, 0.3) is 10.9 Å². The van der Waals surface area contributed by atoms with Crippen molar-refractivity contribution >= 4 is 22.8 Å². The van der Waals surface area contributed by atoms with Gasteiger partial charge in [-0.2, -0.15) is 0 Å².